The summed E-state index contributed by atoms with van der Waals surface area (Å²) in [5.74, 6) is 2.14. The van der Waals surface area contributed by atoms with Crippen LogP contribution in [0.1, 0.15) is 37.3 Å². The summed E-state index contributed by atoms with van der Waals surface area (Å²) in [5, 5.41) is 18.7. The molecule has 0 unspecified atom stereocenters. The zero-order valence-electron chi connectivity index (χ0n) is 15.0. The van der Waals surface area contributed by atoms with Crippen LogP contribution in [0.2, 0.25) is 0 Å². The molecule has 26 heavy (non-hydrogen) atoms. The van der Waals surface area contributed by atoms with Crippen LogP contribution in [0.5, 0.6) is 0 Å². The lowest BCUT2D eigenvalue weighted by Crippen LogP contribution is -2.34. The molecule has 1 amide bonds. The summed E-state index contributed by atoms with van der Waals surface area (Å²) in [6.07, 6.45) is 7.02. The summed E-state index contributed by atoms with van der Waals surface area (Å²) in [4.78, 5) is 28.4. The number of carboxylic acid groups (broad SMARTS) is 1. The van der Waals surface area contributed by atoms with Gasteiger partial charge < -0.3 is 19.5 Å². The number of likely N-dealkylation sites (tertiary alicyclic amines) is 1. The molecule has 2 rings (SSSR count). The van der Waals surface area contributed by atoms with Gasteiger partial charge >= 0.3 is 5.97 Å². The summed E-state index contributed by atoms with van der Waals surface area (Å²) in [6, 6.07) is 0.00762. The topological polar surface area (TPSA) is 104 Å². The van der Waals surface area contributed by atoms with Gasteiger partial charge in [-0.15, -0.1) is 0 Å². The predicted molar refractivity (Wildman–Crippen MR) is 99.0 cm³/mol. The average Bonchev–Trinajstić information content (AvgIpc) is 3.14. The summed E-state index contributed by atoms with van der Waals surface area (Å²) in [6.45, 7) is 2.40. The number of nitrogens with zero attached hydrogens (tertiary/aromatic N) is 2. The highest BCUT2D eigenvalue weighted by molar-refractivity contribution is 7.99. The molecule has 1 fully saturated rings. The maximum absolute atomic E-state index is 12.1. The van der Waals surface area contributed by atoms with Crippen molar-refractivity contribution in [3.63, 3.8) is 0 Å². The van der Waals surface area contributed by atoms with Crippen LogP contribution in [0.4, 0.5) is 0 Å². The molecule has 8 heteroatoms. The Hall–Kier alpha value is -1.80. The van der Waals surface area contributed by atoms with Gasteiger partial charge in [0.15, 0.2) is 5.89 Å². The first-order valence-corrected chi connectivity index (χ1v) is 9.98. The molecule has 0 bridgehead atoms. The average molecular weight is 382 g/mol. The Bertz CT molecular complexity index is 631. The molecule has 1 aromatic rings. The zero-order valence-corrected chi connectivity index (χ0v) is 15.8. The Labute approximate surface area is 157 Å². The maximum atomic E-state index is 12.1. The molecule has 2 N–H and O–H groups in total. The van der Waals surface area contributed by atoms with Gasteiger partial charge in [-0.1, -0.05) is 12.2 Å². The second-order valence-electron chi connectivity index (χ2n) is 6.30. The van der Waals surface area contributed by atoms with Gasteiger partial charge in [-0.2, -0.15) is 11.8 Å². The lowest BCUT2D eigenvalue weighted by Gasteiger charge is -2.22. The van der Waals surface area contributed by atoms with Gasteiger partial charge in [0, 0.05) is 38.5 Å². The van der Waals surface area contributed by atoms with Crippen molar-refractivity contribution in [1.29, 1.82) is 0 Å². The third-order valence-corrected chi connectivity index (χ3v) is 5.21. The number of hydrogen-bond acceptors (Lipinski definition) is 6. The van der Waals surface area contributed by atoms with Crippen LogP contribution in [0, 0.1) is 6.92 Å². The Morgan fingerprint density at radius 1 is 1.54 bits per heavy atom. The third kappa shape index (κ3) is 6.84. The van der Waals surface area contributed by atoms with Gasteiger partial charge in [0.2, 0.25) is 5.91 Å². The monoisotopic (exact) mass is 382 g/mol. The largest absolute Gasteiger partial charge is 0.481 e. The Balaban J connectivity index is 1.74. The van der Waals surface area contributed by atoms with Gasteiger partial charge in [-0.05, 0) is 18.6 Å². The van der Waals surface area contributed by atoms with Crippen LogP contribution in [-0.4, -0.2) is 62.2 Å². The molecule has 1 saturated heterocycles. The maximum Gasteiger partial charge on any atom is 0.303 e. The number of thioether (sulfide) groups is 1. The quantitative estimate of drug-likeness (QED) is 0.446. The predicted octanol–water partition coefficient (Wildman–Crippen LogP) is 2.03. The molecule has 1 aliphatic heterocycles. The van der Waals surface area contributed by atoms with E-state index in [0.717, 1.165) is 17.9 Å². The standard InChI is InChI=1S/C18H26N2O5S/c1-13-19-12-16(25-13)11-15(21)6-4-14-5-7-17(22)20(14)8-10-26-9-2-3-18(23)24/h4,6,12,14-15,21H,2-3,5,7-11H2,1H3,(H,23,24)/b6-4+/t14-,15+/m0/s1. The fourth-order valence-electron chi connectivity index (χ4n) is 2.87. The summed E-state index contributed by atoms with van der Waals surface area (Å²) >= 11 is 1.66. The Morgan fingerprint density at radius 2 is 2.35 bits per heavy atom. The number of aliphatic carboxylic acids is 1. The highest BCUT2D eigenvalue weighted by atomic mass is 32.2. The van der Waals surface area contributed by atoms with E-state index in [1.165, 1.54) is 0 Å². The number of carbonyl (C=O) groups is 2. The number of hydrogen-bond donors (Lipinski definition) is 2. The van der Waals surface area contributed by atoms with E-state index in [4.69, 9.17) is 9.52 Å². The number of oxazole rings is 1. The van der Waals surface area contributed by atoms with E-state index >= 15 is 0 Å². The van der Waals surface area contributed by atoms with Crippen LogP contribution in [0.3, 0.4) is 0 Å². The number of amides is 1. The van der Waals surface area contributed by atoms with Gasteiger partial charge in [-0.3, -0.25) is 9.59 Å². The van der Waals surface area contributed by atoms with Gasteiger partial charge in [-0.25, -0.2) is 4.98 Å². The van der Waals surface area contributed by atoms with E-state index in [-0.39, 0.29) is 18.4 Å². The fraction of sp³-hybridized carbons (Fsp3) is 0.611. The number of aryl methyl sites for hydroxylation is 1. The summed E-state index contributed by atoms with van der Waals surface area (Å²) in [5.41, 5.74) is 0. The van der Waals surface area contributed by atoms with Crippen molar-refractivity contribution in [2.45, 2.75) is 51.2 Å². The minimum Gasteiger partial charge on any atom is -0.481 e. The first kappa shape index (κ1) is 20.5. The van der Waals surface area contributed by atoms with E-state index in [9.17, 15) is 14.7 Å². The number of carbonyl (C=O) groups excluding carboxylic acids is 1. The van der Waals surface area contributed by atoms with Crippen molar-refractivity contribution in [3.8, 4) is 0 Å². The molecular weight excluding hydrogens is 356 g/mol. The van der Waals surface area contributed by atoms with Gasteiger partial charge in [0.25, 0.3) is 0 Å². The van der Waals surface area contributed by atoms with Crippen molar-refractivity contribution < 1.29 is 24.2 Å². The highest BCUT2D eigenvalue weighted by Gasteiger charge is 2.28. The Morgan fingerprint density at radius 3 is 3.04 bits per heavy atom. The Kier molecular flexibility index (Phi) is 8.18. The third-order valence-electron chi connectivity index (χ3n) is 4.17. The van der Waals surface area contributed by atoms with E-state index < -0.39 is 12.1 Å². The molecule has 7 nitrogen and oxygen atoms in total. The molecule has 144 valence electrons. The minimum absolute atomic E-state index is 0.00762. The molecule has 0 aliphatic carbocycles. The lowest BCUT2D eigenvalue weighted by molar-refractivity contribution is -0.137. The van der Waals surface area contributed by atoms with E-state index in [2.05, 4.69) is 4.98 Å². The minimum atomic E-state index is -0.774. The summed E-state index contributed by atoms with van der Waals surface area (Å²) in [7, 11) is 0. The molecule has 0 radical (unpaired) electrons. The van der Waals surface area contributed by atoms with Crippen LogP contribution in [0.25, 0.3) is 0 Å². The number of aromatic nitrogens is 1. The molecule has 2 heterocycles. The van der Waals surface area contributed by atoms with Crippen LogP contribution in [-0.2, 0) is 16.0 Å². The molecule has 2 atom stereocenters. The van der Waals surface area contributed by atoms with Crippen LogP contribution in [0.15, 0.2) is 22.8 Å². The lowest BCUT2D eigenvalue weighted by atomic mass is 10.1. The SMILES string of the molecule is Cc1ncc(C[C@H](O)/C=C/[C@H]2CCC(=O)N2CCSCCCC(=O)O)o1. The van der Waals surface area contributed by atoms with Crippen molar-refractivity contribution in [2.75, 3.05) is 18.1 Å². The van der Waals surface area contributed by atoms with E-state index in [1.54, 1.807) is 31.0 Å². The van der Waals surface area contributed by atoms with Crippen molar-refractivity contribution >= 4 is 23.6 Å². The normalized spacial score (nSPS) is 18.8. The highest BCUT2D eigenvalue weighted by Crippen LogP contribution is 2.21. The summed E-state index contributed by atoms with van der Waals surface area (Å²) < 4.78 is 5.36. The van der Waals surface area contributed by atoms with Gasteiger partial charge in [0.1, 0.15) is 5.76 Å². The van der Waals surface area contributed by atoms with Gasteiger partial charge in [0.05, 0.1) is 18.3 Å². The second-order valence-corrected chi connectivity index (χ2v) is 7.53. The number of carboxylic acids is 1. The molecule has 0 saturated carbocycles. The van der Waals surface area contributed by atoms with Crippen molar-refractivity contribution in [1.82, 2.24) is 9.88 Å². The van der Waals surface area contributed by atoms with E-state index in [1.807, 2.05) is 11.0 Å². The smallest absolute Gasteiger partial charge is 0.303 e. The molecule has 1 aromatic heterocycles. The first-order valence-electron chi connectivity index (χ1n) is 8.82. The van der Waals surface area contributed by atoms with E-state index in [0.29, 0.717) is 37.5 Å². The van der Waals surface area contributed by atoms with Crippen LogP contribution >= 0.6 is 11.8 Å². The van der Waals surface area contributed by atoms with Crippen molar-refractivity contribution in [2.24, 2.45) is 0 Å². The van der Waals surface area contributed by atoms with Crippen LogP contribution < -0.4 is 0 Å². The molecule has 1 aliphatic rings. The van der Waals surface area contributed by atoms with Crippen molar-refractivity contribution in [3.05, 3.63) is 30.0 Å². The number of rotatable bonds is 11. The molecule has 0 aromatic carbocycles. The second kappa shape index (κ2) is 10.4. The molecule has 0 spiro atoms. The fourth-order valence-corrected chi connectivity index (χ4v) is 3.75. The first-order chi connectivity index (χ1) is 12.5. The molecular formula is C18H26N2O5S. The zero-order chi connectivity index (χ0) is 18.9. The number of aliphatic hydroxyl groups is 1. The number of aliphatic hydroxyl groups excluding tert-OH is 1.